The molecule has 1 heterocycles. The molecule has 206 valence electrons. The highest BCUT2D eigenvalue weighted by molar-refractivity contribution is 8.01. The van der Waals surface area contributed by atoms with Gasteiger partial charge in [0.1, 0.15) is 12.1 Å². The summed E-state index contributed by atoms with van der Waals surface area (Å²) in [5.74, 6) is 0.413. The number of thioether (sulfide) groups is 1. The molecule has 10 heteroatoms. The first kappa shape index (κ1) is 30.3. The molecule has 9 nitrogen and oxygen atoms in total. The maximum atomic E-state index is 13.8. The number of alkyl carbamates (subject to hydrolysis) is 1. The van der Waals surface area contributed by atoms with Crippen molar-refractivity contribution in [1.29, 1.82) is 5.41 Å². The number of carbonyl (C=O) groups is 3. The second-order valence-electron chi connectivity index (χ2n) is 10.9. The first-order valence-corrected chi connectivity index (χ1v) is 14.4. The van der Waals surface area contributed by atoms with Gasteiger partial charge in [-0.25, -0.2) is 4.79 Å². The minimum absolute atomic E-state index is 0.131. The first-order valence-electron chi connectivity index (χ1n) is 13.5. The Labute approximate surface area is 220 Å². The van der Waals surface area contributed by atoms with E-state index in [0.29, 0.717) is 32.0 Å². The predicted octanol–water partition coefficient (Wildman–Crippen LogP) is 3.65. The van der Waals surface area contributed by atoms with Gasteiger partial charge in [0.25, 0.3) is 0 Å². The average Bonchev–Trinajstić information content (AvgIpc) is 3.30. The zero-order valence-corrected chi connectivity index (χ0v) is 23.5. The number of amides is 3. The Bertz CT molecular complexity index is 767. The number of nitrogens with one attached hydrogen (secondary N) is 3. The van der Waals surface area contributed by atoms with Crippen molar-refractivity contribution in [2.45, 2.75) is 108 Å². The predicted molar refractivity (Wildman–Crippen MR) is 145 cm³/mol. The number of hydrogen-bond acceptors (Lipinski definition) is 6. The van der Waals surface area contributed by atoms with E-state index in [1.165, 1.54) is 0 Å². The zero-order valence-electron chi connectivity index (χ0n) is 22.7. The van der Waals surface area contributed by atoms with E-state index in [1.807, 2.05) is 20.8 Å². The summed E-state index contributed by atoms with van der Waals surface area (Å²) in [7, 11) is 0. The molecule has 2 atom stereocenters. The van der Waals surface area contributed by atoms with Gasteiger partial charge in [0, 0.05) is 23.8 Å². The van der Waals surface area contributed by atoms with Gasteiger partial charge in [-0.1, -0.05) is 27.2 Å². The van der Waals surface area contributed by atoms with Crippen molar-refractivity contribution in [2.75, 3.05) is 19.7 Å². The highest BCUT2D eigenvalue weighted by atomic mass is 32.2. The molecule has 2 fully saturated rings. The van der Waals surface area contributed by atoms with E-state index in [-0.39, 0.29) is 28.8 Å². The second kappa shape index (κ2) is 14.1. The third kappa shape index (κ3) is 8.85. The van der Waals surface area contributed by atoms with E-state index < -0.39 is 22.9 Å². The van der Waals surface area contributed by atoms with Crippen molar-refractivity contribution in [3.63, 3.8) is 0 Å². The number of ether oxygens (including phenoxy) is 1. The van der Waals surface area contributed by atoms with Crippen LogP contribution < -0.4 is 16.4 Å². The normalized spacial score (nSPS) is 23.3. The van der Waals surface area contributed by atoms with Crippen LogP contribution >= 0.6 is 11.8 Å². The number of carbonyl (C=O) groups excluding carboxylic acids is 3. The van der Waals surface area contributed by atoms with Gasteiger partial charge in [0.05, 0.1) is 12.4 Å². The molecule has 0 bridgehead atoms. The molecule has 2 aliphatic rings. The third-order valence-corrected chi connectivity index (χ3v) is 8.48. The summed E-state index contributed by atoms with van der Waals surface area (Å²) in [5.41, 5.74) is 5.64. The van der Waals surface area contributed by atoms with Crippen LogP contribution in [0, 0.1) is 17.2 Å². The summed E-state index contributed by atoms with van der Waals surface area (Å²) in [6.45, 7) is 11.4. The van der Waals surface area contributed by atoms with Crippen LogP contribution in [-0.4, -0.2) is 70.4 Å². The summed E-state index contributed by atoms with van der Waals surface area (Å²) in [6.07, 6.45) is 6.07. The lowest BCUT2D eigenvalue weighted by Gasteiger charge is -2.38. The molecular formula is C26H47N5O4S. The molecule has 0 aromatic heterocycles. The second-order valence-corrected chi connectivity index (χ2v) is 13.2. The number of nitrogens with two attached hydrogens (primary N) is 1. The molecule has 0 unspecified atom stereocenters. The molecule has 0 aromatic rings. The van der Waals surface area contributed by atoms with Crippen LogP contribution in [0.4, 0.5) is 4.79 Å². The van der Waals surface area contributed by atoms with E-state index in [1.54, 1.807) is 16.7 Å². The lowest BCUT2D eigenvalue weighted by molar-refractivity contribution is -0.140. The molecular weight excluding hydrogens is 478 g/mol. The lowest BCUT2D eigenvalue weighted by atomic mass is 9.81. The SMILES string of the molecule is CCCCOC(=O)N[C@@H](C(=O)N1CCC[C@H]1C(=O)NC[C@H]1CC[C@H](C(=N)N)CC1)C(C)(C)SC(C)C. The number of unbranched alkanes of at least 4 members (excludes halogenated alkanes) is 1. The fourth-order valence-corrected chi connectivity index (χ4v) is 6.70. The lowest BCUT2D eigenvalue weighted by Crippen LogP contribution is -2.60. The van der Waals surface area contributed by atoms with Gasteiger partial charge in [0.2, 0.25) is 11.8 Å². The number of hydrogen-bond donors (Lipinski definition) is 4. The summed E-state index contributed by atoms with van der Waals surface area (Å²) in [5, 5.41) is 13.8. The highest BCUT2D eigenvalue weighted by Gasteiger charge is 2.44. The fraction of sp³-hybridized carbons (Fsp3) is 0.846. The van der Waals surface area contributed by atoms with Gasteiger partial charge < -0.3 is 26.0 Å². The van der Waals surface area contributed by atoms with Gasteiger partial charge in [0.15, 0.2) is 0 Å². The van der Waals surface area contributed by atoms with Crippen LogP contribution in [0.5, 0.6) is 0 Å². The number of nitrogens with zero attached hydrogens (tertiary/aromatic N) is 1. The highest BCUT2D eigenvalue weighted by Crippen LogP contribution is 2.34. The van der Waals surface area contributed by atoms with Crippen molar-refractivity contribution in [2.24, 2.45) is 17.6 Å². The third-order valence-electron chi connectivity index (χ3n) is 7.16. The zero-order chi connectivity index (χ0) is 26.9. The summed E-state index contributed by atoms with van der Waals surface area (Å²) in [4.78, 5) is 41.1. The van der Waals surface area contributed by atoms with Gasteiger partial charge >= 0.3 is 6.09 Å². The van der Waals surface area contributed by atoms with Crippen molar-refractivity contribution in [3.8, 4) is 0 Å². The van der Waals surface area contributed by atoms with Crippen LogP contribution in [0.25, 0.3) is 0 Å². The largest absolute Gasteiger partial charge is 0.450 e. The van der Waals surface area contributed by atoms with Crippen LogP contribution in [0.1, 0.15) is 86.0 Å². The maximum absolute atomic E-state index is 13.8. The van der Waals surface area contributed by atoms with E-state index in [4.69, 9.17) is 15.9 Å². The van der Waals surface area contributed by atoms with E-state index in [0.717, 1.165) is 44.9 Å². The molecule has 5 N–H and O–H groups in total. The maximum Gasteiger partial charge on any atom is 0.407 e. The van der Waals surface area contributed by atoms with Gasteiger partial charge in [-0.15, -0.1) is 0 Å². The number of likely N-dealkylation sites (tertiary alicyclic amines) is 1. The molecule has 1 saturated heterocycles. The van der Waals surface area contributed by atoms with Gasteiger partial charge in [-0.3, -0.25) is 15.0 Å². The molecule has 2 rings (SSSR count). The minimum Gasteiger partial charge on any atom is -0.450 e. The summed E-state index contributed by atoms with van der Waals surface area (Å²) >= 11 is 1.62. The Kier molecular flexibility index (Phi) is 11.8. The Hall–Kier alpha value is -1.97. The molecule has 0 spiro atoms. The molecule has 1 aliphatic heterocycles. The first-order chi connectivity index (χ1) is 17.0. The van der Waals surface area contributed by atoms with Crippen LogP contribution in [0.3, 0.4) is 0 Å². The average molecular weight is 526 g/mol. The van der Waals surface area contributed by atoms with E-state index in [2.05, 4.69) is 24.5 Å². The number of amidine groups is 1. The fourth-order valence-electron chi connectivity index (χ4n) is 5.19. The van der Waals surface area contributed by atoms with Crippen molar-refractivity contribution in [1.82, 2.24) is 15.5 Å². The Balaban J connectivity index is 2.04. The van der Waals surface area contributed by atoms with Crippen LogP contribution in [-0.2, 0) is 14.3 Å². The Morgan fingerprint density at radius 1 is 1.17 bits per heavy atom. The smallest absolute Gasteiger partial charge is 0.407 e. The van der Waals surface area contributed by atoms with Crippen LogP contribution in [0.15, 0.2) is 0 Å². The monoisotopic (exact) mass is 525 g/mol. The molecule has 0 aromatic carbocycles. The quantitative estimate of drug-likeness (QED) is 0.174. The Morgan fingerprint density at radius 3 is 2.42 bits per heavy atom. The van der Waals surface area contributed by atoms with E-state index >= 15 is 0 Å². The molecule has 36 heavy (non-hydrogen) atoms. The minimum atomic E-state index is -0.811. The number of rotatable bonds is 12. The Morgan fingerprint density at radius 2 is 1.83 bits per heavy atom. The summed E-state index contributed by atoms with van der Waals surface area (Å²) in [6, 6.07) is -1.35. The standard InChI is InChI=1S/C26H47N5O4S/c1-6-7-15-35-25(34)30-21(26(4,5)36-17(2)3)24(33)31-14-8-9-20(31)23(32)29-16-18-10-12-19(13-11-18)22(27)28/h17-21H,6-16H2,1-5H3,(H3,27,28)(H,29,32)(H,30,34)/t18-,19-,20-,21-/m0/s1. The summed E-state index contributed by atoms with van der Waals surface area (Å²) < 4.78 is 4.71. The van der Waals surface area contributed by atoms with Crippen molar-refractivity contribution >= 4 is 35.5 Å². The van der Waals surface area contributed by atoms with Gasteiger partial charge in [-0.05, 0) is 70.0 Å². The van der Waals surface area contributed by atoms with Crippen molar-refractivity contribution < 1.29 is 19.1 Å². The molecule has 3 amide bonds. The topological polar surface area (TPSA) is 138 Å². The van der Waals surface area contributed by atoms with E-state index in [9.17, 15) is 14.4 Å². The molecule has 1 aliphatic carbocycles. The van der Waals surface area contributed by atoms with Crippen LogP contribution in [0.2, 0.25) is 0 Å². The van der Waals surface area contributed by atoms with Gasteiger partial charge in [-0.2, -0.15) is 11.8 Å². The molecule has 0 radical (unpaired) electrons. The van der Waals surface area contributed by atoms with Crippen molar-refractivity contribution in [3.05, 3.63) is 0 Å². The molecule has 1 saturated carbocycles.